The predicted octanol–water partition coefficient (Wildman–Crippen LogP) is 3.59. The summed E-state index contributed by atoms with van der Waals surface area (Å²) < 4.78 is 0. The highest BCUT2D eigenvalue weighted by atomic mass is 32.1. The molecule has 6 nitrogen and oxygen atoms in total. The fraction of sp³-hybridized carbons (Fsp3) is 0. The fourth-order valence-corrected chi connectivity index (χ4v) is 3.28. The van der Waals surface area contributed by atoms with Gasteiger partial charge in [0, 0.05) is 11.3 Å². The lowest BCUT2D eigenvalue weighted by Crippen LogP contribution is -2.02. The molecule has 0 saturated heterocycles. The van der Waals surface area contributed by atoms with Gasteiger partial charge in [0.2, 0.25) is 5.78 Å². The lowest BCUT2D eigenvalue weighted by molar-refractivity contribution is 0.104. The number of phenolic OH excluding ortho intramolecular Hbond substituents is 2. The van der Waals surface area contributed by atoms with Crippen LogP contribution in [0.25, 0.3) is 0 Å². The summed E-state index contributed by atoms with van der Waals surface area (Å²) in [5.74, 6) is -0.138. The van der Waals surface area contributed by atoms with Gasteiger partial charge in [-0.05, 0) is 48.5 Å². The van der Waals surface area contributed by atoms with Crippen LogP contribution in [0.4, 0.5) is 16.4 Å². The Bertz CT molecular complexity index is 971. The minimum atomic E-state index is -0.322. The highest BCUT2D eigenvalue weighted by Crippen LogP contribution is 2.38. The molecule has 0 aliphatic heterocycles. The first kappa shape index (κ1) is 16.4. The minimum Gasteiger partial charge on any atom is -0.508 e. The van der Waals surface area contributed by atoms with E-state index < -0.39 is 0 Å². The number of nitrogens with one attached hydrogen (secondary N) is 1. The van der Waals surface area contributed by atoms with E-state index >= 15 is 0 Å². The molecule has 124 valence electrons. The van der Waals surface area contributed by atoms with Crippen molar-refractivity contribution in [2.75, 3.05) is 11.1 Å². The third-order valence-electron chi connectivity index (χ3n) is 3.52. The number of phenols is 2. The van der Waals surface area contributed by atoms with Crippen LogP contribution in [0.1, 0.15) is 20.8 Å². The van der Waals surface area contributed by atoms with Crippen molar-refractivity contribution in [3.05, 3.63) is 64.5 Å². The number of nitriles is 1. The van der Waals surface area contributed by atoms with E-state index in [0.29, 0.717) is 16.3 Å². The van der Waals surface area contributed by atoms with Crippen LogP contribution in [-0.2, 0) is 0 Å². The molecule has 3 aromatic rings. The lowest BCUT2D eigenvalue weighted by atomic mass is 10.1. The molecule has 25 heavy (non-hydrogen) atoms. The Labute approximate surface area is 147 Å². The largest absolute Gasteiger partial charge is 0.508 e. The Hall–Kier alpha value is -3.50. The van der Waals surface area contributed by atoms with Crippen LogP contribution in [0.15, 0.2) is 48.5 Å². The molecule has 0 spiro atoms. The second-order valence-electron chi connectivity index (χ2n) is 5.21. The van der Waals surface area contributed by atoms with Crippen LogP contribution in [-0.4, -0.2) is 16.0 Å². The first-order valence-corrected chi connectivity index (χ1v) is 8.03. The summed E-state index contributed by atoms with van der Waals surface area (Å²) in [7, 11) is 0. The molecule has 0 aliphatic carbocycles. The van der Waals surface area contributed by atoms with Crippen LogP contribution in [0.5, 0.6) is 11.5 Å². The standard InChI is InChI=1S/C18H13N3O3S/c19-9-14-15(20)17(16(24)10-1-5-12(22)6-2-10)25-18(14)21-11-3-7-13(23)8-4-11/h1-8,21-23H,20H2. The number of carbonyl (C=O) groups excluding carboxylic acids is 1. The van der Waals surface area contributed by atoms with Crippen LogP contribution in [0, 0.1) is 11.3 Å². The molecule has 3 rings (SSSR count). The molecule has 0 unspecified atom stereocenters. The van der Waals surface area contributed by atoms with Gasteiger partial charge in [0.25, 0.3) is 0 Å². The number of anilines is 3. The average molecular weight is 351 g/mol. The molecule has 0 fully saturated rings. The molecule has 0 saturated carbocycles. The molecule has 0 amide bonds. The third kappa shape index (κ3) is 3.24. The summed E-state index contributed by atoms with van der Waals surface area (Å²) in [5.41, 5.74) is 7.33. The van der Waals surface area contributed by atoms with Crippen molar-refractivity contribution in [3.8, 4) is 17.6 Å². The number of ketones is 1. The lowest BCUT2D eigenvalue weighted by Gasteiger charge is -2.04. The Morgan fingerprint density at radius 3 is 2.16 bits per heavy atom. The number of benzene rings is 2. The van der Waals surface area contributed by atoms with E-state index in [1.807, 2.05) is 6.07 Å². The molecule has 2 aromatic carbocycles. The monoisotopic (exact) mass is 351 g/mol. The SMILES string of the molecule is N#Cc1c(Nc2ccc(O)cc2)sc(C(=O)c2ccc(O)cc2)c1N. The zero-order valence-electron chi connectivity index (χ0n) is 12.9. The number of thiophene rings is 1. The highest BCUT2D eigenvalue weighted by Gasteiger charge is 2.22. The van der Waals surface area contributed by atoms with Gasteiger partial charge in [-0.3, -0.25) is 4.79 Å². The molecule has 0 radical (unpaired) electrons. The molecule has 0 bridgehead atoms. The van der Waals surface area contributed by atoms with E-state index in [1.54, 1.807) is 12.1 Å². The van der Waals surface area contributed by atoms with Gasteiger partial charge in [0.05, 0.1) is 5.69 Å². The van der Waals surface area contributed by atoms with Gasteiger partial charge in [-0.25, -0.2) is 0 Å². The van der Waals surface area contributed by atoms with E-state index in [9.17, 15) is 20.3 Å². The maximum atomic E-state index is 12.6. The molecule has 1 aromatic heterocycles. The van der Waals surface area contributed by atoms with Gasteiger partial charge in [-0.2, -0.15) is 5.26 Å². The average Bonchev–Trinajstić information content (AvgIpc) is 2.92. The molecular weight excluding hydrogens is 338 g/mol. The first-order valence-electron chi connectivity index (χ1n) is 7.21. The number of nitrogen functional groups attached to an aromatic ring is 1. The summed E-state index contributed by atoms with van der Waals surface area (Å²) in [6, 6.07) is 14.1. The number of aromatic hydroxyl groups is 2. The Kier molecular flexibility index (Phi) is 4.29. The van der Waals surface area contributed by atoms with Gasteiger partial charge in [0.15, 0.2) is 0 Å². The van der Waals surface area contributed by atoms with Gasteiger partial charge in [0.1, 0.15) is 33.0 Å². The van der Waals surface area contributed by atoms with Crippen LogP contribution < -0.4 is 11.1 Å². The number of rotatable bonds is 4. The number of nitrogens with zero attached hydrogens (tertiary/aromatic N) is 1. The smallest absolute Gasteiger partial charge is 0.205 e. The number of hydrogen-bond acceptors (Lipinski definition) is 7. The van der Waals surface area contributed by atoms with Gasteiger partial charge < -0.3 is 21.3 Å². The molecule has 1 heterocycles. The van der Waals surface area contributed by atoms with Crippen molar-refractivity contribution in [2.45, 2.75) is 0 Å². The first-order chi connectivity index (χ1) is 12.0. The minimum absolute atomic E-state index is 0.0584. The second-order valence-corrected chi connectivity index (χ2v) is 6.23. The Morgan fingerprint density at radius 2 is 1.60 bits per heavy atom. The van der Waals surface area contributed by atoms with Crippen molar-refractivity contribution >= 4 is 33.5 Å². The molecule has 0 aliphatic rings. The summed E-state index contributed by atoms with van der Waals surface area (Å²) in [5, 5.41) is 31.5. The second kappa shape index (κ2) is 6.55. The van der Waals surface area contributed by atoms with Crippen molar-refractivity contribution < 1.29 is 15.0 Å². The summed E-state index contributed by atoms with van der Waals surface area (Å²) in [6.07, 6.45) is 0. The van der Waals surface area contributed by atoms with E-state index in [0.717, 1.165) is 11.3 Å². The topological polar surface area (TPSA) is 119 Å². The van der Waals surface area contributed by atoms with Crippen LogP contribution in [0.2, 0.25) is 0 Å². The van der Waals surface area contributed by atoms with E-state index in [4.69, 9.17) is 5.73 Å². The number of nitrogens with two attached hydrogens (primary N) is 1. The zero-order valence-corrected chi connectivity index (χ0v) is 13.7. The quantitative estimate of drug-likeness (QED) is 0.421. The zero-order chi connectivity index (χ0) is 18.0. The maximum absolute atomic E-state index is 12.6. The maximum Gasteiger partial charge on any atom is 0.205 e. The van der Waals surface area contributed by atoms with E-state index in [2.05, 4.69) is 5.32 Å². The summed E-state index contributed by atoms with van der Waals surface area (Å²) >= 11 is 1.08. The van der Waals surface area contributed by atoms with Crippen molar-refractivity contribution in [3.63, 3.8) is 0 Å². The van der Waals surface area contributed by atoms with Gasteiger partial charge in [-0.1, -0.05) is 0 Å². The predicted molar refractivity (Wildman–Crippen MR) is 96.4 cm³/mol. The van der Waals surface area contributed by atoms with Gasteiger partial charge in [-0.15, -0.1) is 11.3 Å². The summed E-state index contributed by atoms with van der Waals surface area (Å²) in [6.45, 7) is 0. The normalized spacial score (nSPS) is 10.2. The van der Waals surface area contributed by atoms with Gasteiger partial charge >= 0.3 is 0 Å². The van der Waals surface area contributed by atoms with E-state index in [1.165, 1.54) is 36.4 Å². The number of hydrogen-bond donors (Lipinski definition) is 4. The molecule has 5 N–H and O–H groups in total. The van der Waals surface area contributed by atoms with Crippen molar-refractivity contribution in [1.82, 2.24) is 0 Å². The Balaban J connectivity index is 1.97. The molecular formula is C18H13N3O3S. The highest BCUT2D eigenvalue weighted by molar-refractivity contribution is 7.19. The van der Waals surface area contributed by atoms with E-state index in [-0.39, 0.29) is 33.4 Å². The third-order valence-corrected chi connectivity index (χ3v) is 4.64. The Morgan fingerprint density at radius 1 is 1.04 bits per heavy atom. The van der Waals surface area contributed by atoms with Crippen molar-refractivity contribution in [2.24, 2.45) is 0 Å². The van der Waals surface area contributed by atoms with Crippen molar-refractivity contribution in [1.29, 1.82) is 5.26 Å². The van der Waals surface area contributed by atoms with Crippen LogP contribution >= 0.6 is 11.3 Å². The summed E-state index contributed by atoms with van der Waals surface area (Å²) in [4.78, 5) is 12.9. The van der Waals surface area contributed by atoms with Crippen LogP contribution in [0.3, 0.4) is 0 Å². The molecule has 0 atom stereocenters. The molecule has 7 heteroatoms. The number of carbonyl (C=O) groups is 1. The fourth-order valence-electron chi connectivity index (χ4n) is 2.23.